The van der Waals surface area contributed by atoms with Gasteiger partial charge in [0.15, 0.2) is 11.5 Å². The van der Waals surface area contributed by atoms with Gasteiger partial charge in [-0.2, -0.15) is 0 Å². The van der Waals surface area contributed by atoms with Crippen molar-refractivity contribution in [1.29, 1.82) is 0 Å². The van der Waals surface area contributed by atoms with Gasteiger partial charge in [-0.15, -0.1) is 0 Å². The van der Waals surface area contributed by atoms with Gasteiger partial charge in [0.25, 0.3) is 5.91 Å². The molecule has 122 valence electrons. The second-order valence-corrected chi connectivity index (χ2v) is 6.11. The molecule has 4 nitrogen and oxygen atoms in total. The number of hydrogen-bond acceptors (Lipinski definition) is 3. The van der Waals surface area contributed by atoms with E-state index in [1.807, 2.05) is 12.1 Å². The van der Waals surface area contributed by atoms with Gasteiger partial charge in [-0.3, -0.25) is 4.79 Å². The molecule has 0 radical (unpaired) electrons. The molecule has 0 aliphatic heterocycles. The van der Waals surface area contributed by atoms with E-state index in [1.165, 1.54) is 0 Å². The van der Waals surface area contributed by atoms with Crippen LogP contribution in [0.5, 0.6) is 11.5 Å². The third-order valence-electron chi connectivity index (χ3n) is 3.32. The molecule has 0 fully saturated rings. The highest BCUT2D eigenvalue weighted by Gasteiger charge is 2.10. The quantitative estimate of drug-likeness (QED) is 0.797. The van der Waals surface area contributed by atoms with Crippen LogP contribution < -0.4 is 14.8 Å². The van der Waals surface area contributed by atoms with Crippen molar-refractivity contribution in [3.8, 4) is 11.5 Å². The van der Waals surface area contributed by atoms with Crippen molar-refractivity contribution in [2.45, 2.75) is 6.42 Å². The number of carbonyl (C=O) groups is 1. The SMILES string of the molecule is COc1cc(Br)c(CCNC(=O)c2cccc(Cl)c2)cc1OC. The zero-order chi connectivity index (χ0) is 16.8. The molecule has 0 aliphatic carbocycles. The Kier molecular flexibility index (Phi) is 6.30. The van der Waals surface area contributed by atoms with Crippen molar-refractivity contribution in [2.75, 3.05) is 20.8 Å². The number of ether oxygens (including phenoxy) is 2. The Labute approximate surface area is 148 Å². The first kappa shape index (κ1) is 17.6. The number of amides is 1. The monoisotopic (exact) mass is 397 g/mol. The summed E-state index contributed by atoms with van der Waals surface area (Å²) in [6.07, 6.45) is 0.660. The fourth-order valence-electron chi connectivity index (χ4n) is 2.13. The van der Waals surface area contributed by atoms with E-state index in [-0.39, 0.29) is 5.91 Å². The summed E-state index contributed by atoms with van der Waals surface area (Å²) in [7, 11) is 3.19. The first-order valence-corrected chi connectivity index (χ1v) is 8.16. The van der Waals surface area contributed by atoms with Gasteiger partial charge in [0.1, 0.15) is 0 Å². The minimum absolute atomic E-state index is 0.149. The van der Waals surface area contributed by atoms with Crippen LogP contribution in [0.3, 0.4) is 0 Å². The first-order valence-electron chi connectivity index (χ1n) is 6.99. The zero-order valence-corrected chi connectivity index (χ0v) is 15.2. The lowest BCUT2D eigenvalue weighted by molar-refractivity contribution is 0.0954. The minimum atomic E-state index is -0.149. The molecule has 0 atom stereocenters. The zero-order valence-electron chi connectivity index (χ0n) is 12.9. The van der Waals surface area contributed by atoms with E-state index < -0.39 is 0 Å². The van der Waals surface area contributed by atoms with Crippen molar-refractivity contribution < 1.29 is 14.3 Å². The molecule has 0 bridgehead atoms. The van der Waals surface area contributed by atoms with E-state index >= 15 is 0 Å². The van der Waals surface area contributed by atoms with Crippen LogP contribution in [0.15, 0.2) is 40.9 Å². The third-order valence-corrected chi connectivity index (χ3v) is 4.29. The Morgan fingerprint density at radius 2 is 1.87 bits per heavy atom. The van der Waals surface area contributed by atoms with Gasteiger partial charge in [0, 0.05) is 21.6 Å². The van der Waals surface area contributed by atoms with Crippen LogP contribution in [0.1, 0.15) is 15.9 Å². The average molecular weight is 399 g/mol. The van der Waals surface area contributed by atoms with Crippen LogP contribution in [0, 0.1) is 0 Å². The molecule has 6 heteroatoms. The van der Waals surface area contributed by atoms with Crippen molar-refractivity contribution in [3.05, 3.63) is 57.0 Å². The van der Waals surface area contributed by atoms with Crippen molar-refractivity contribution in [1.82, 2.24) is 5.32 Å². The van der Waals surface area contributed by atoms with Crippen LogP contribution in [-0.2, 0) is 6.42 Å². The van der Waals surface area contributed by atoms with E-state index in [0.29, 0.717) is 35.1 Å². The summed E-state index contributed by atoms with van der Waals surface area (Å²) in [6, 6.07) is 10.6. The molecule has 1 amide bonds. The molecule has 0 spiro atoms. The molecule has 2 aromatic carbocycles. The molecule has 2 rings (SSSR count). The van der Waals surface area contributed by atoms with Crippen molar-refractivity contribution in [3.63, 3.8) is 0 Å². The van der Waals surface area contributed by atoms with E-state index in [2.05, 4.69) is 21.2 Å². The Hall–Kier alpha value is -1.72. The highest BCUT2D eigenvalue weighted by Crippen LogP contribution is 2.33. The highest BCUT2D eigenvalue weighted by molar-refractivity contribution is 9.10. The number of halogens is 2. The summed E-state index contributed by atoms with van der Waals surface area (Å²) >= 11 is 9.40. The predicted molar refractivity (Wildman–Crippen MR) is 94.7 cm³/mol. The summed E-state index contributed by atoms with van der Waals surface area (Å²) in [5.41, 5.74) is 1.57. The predicted octanol–water partition coefficient (Wildman–Crippen LogP) is 4.09. The molecule has 0 saturated carbocycles. The Balaban J connectivity index is 2.00. The van der Waals surface area contributed by atoms with Crippen LogP contribution in [0.2, 0.25) is 5.02 Å². The molecule has 23 heavy (non-hydrogen) atoms. The molecule has 0 saturated heterocycles. The maximum Gasteiger partial charge on any atom is 0.251 e. The molecule has 2 aromatic rings. The van der Waals surface area contributed by atoms with Gasteiger partial charge in [0.05, 0.1) is 14.2 Å². The molecular weight excluding hydrogens is 382 g/mol. The van der Waals surface area contributed by atoms with Crippen molar-refractivity contribution >= 4 is 33.4 Å². The van der Waals surface area contributed by atoms with E-state index in [9.17, 15) is 4.79 Å². The molecule has 0 heterocycles. The smallest absolute Gasteiger partial charge is 0.251 e. The molecule has 0 aromatic heterocycles. The summed E-state index contributed by atoms with van der Waals surface area (Å²) < 4.78 is 11.4. The standard InChI is InChI=1S/C17H17BrClNO3/c1-22-15-9-11(14(18)10-16(15)23-2)6-7-20-17(21)12-4-3-5-13(19)8-12/h3-5,8-10H,6-7H2,1-2H3,(H,20,21). The topological polar surface area (TPSA) is 47.6 Å². The molecular formula is C17H17BrClNO3. The van der Waals surface area contributed by atoms with Crippen molar-refractivity contribution in [2.24, 2.45) is 0 Å². The second-order valence-electron chi connectivity index (χ2n) is 4.81. The molecule has 0 unspecified atom stereocenters. The van der Waals surface area contributed by atoms with Gasteiger partial charge in [-0.25, -0.2) is 0 Å². The molecule has 0 aliphatic rings. The van der Waals surface area contributed by atoms with Crippen LogP contribution in [0.25, 0.3) is 0 Å². The Morgan fingerprint density at radius 3 is 2.52 bits per heavy atom. The van der Waals surface area contributed by atoms with Gasteiger partial charge in [-0.05, 0) is 42.3 Å². The first-order chi connectivity index (χ1) is 11.0. The molecule has 1 N–H and O–H groups in total. The Bertz CT molecular complexity index is 706. The fourth-order valence-corrected chi connectivity index (χ4v) is 2.84. The van der Waals surface area contributed by atoms with Gasteiger partial charge < -0.3 is 14.8 Å². The number of carbonyl (C=O) groups excluding carboxylic acids is 1. The van der Waals surface area contributed by atoms with E-state index in [0.717, 1.165) is 10.0 Å². The number of benzene rings is 2. The summed E-state index contributed by atoms with van der Waals surface area (Å²) in [4.78, 5) is 12.1. The normalized spacial score (nSPS) is 10.3. The van der Waals surface area contributed by atoms with Gasteiger partial charge in [-0.1, -0.05) is 33.6 Å². The highest BCUT2D eigenvalue weighted by atomic mass is 79.9. The fraction of sp³-hybridized carbons (Fsp3) is 0.235. The van der Waals surface area contributed by atoms with Crippen LogP contribution >= 0.6 is 27.5 Å². The van der Waals surface area contributed by atoms with E-state index in [4.69, 9.17) is 21.1 Å². The number of methoxy groups -OCH3 is 2. The van der Waals surface area contributed by atoms with E-state index in [1.54, 1.807) is 38.5 Å². The summed E-state index contributed by atoms with van der Waals surface area (Å²) in [5, 5.41) is 3.42. The average Bonchev–Trinajstić information content (AvgIpc) is 2.55. The van der Waals surface area contributed by atoms with Crippen LogP contribution in [-0.4, -0.2) is 26.7 Å². The summed E-state index contributed by atoms with van der Waals surface area (Å²) in [6.45, 7) is 0.499. The third kappa shape index (κ3) is 4.62. The van der Waals surface area contributed by atoms with Gasteiger partial charge in [0.2, 0.25) is 0 Å². The lowest BCUT2D eigenvalue weighted by Crippen LogP contribution is -2.25. The van der Waals surface area contributed by atoms with Crippen LogP contribution in [0.4, 0.5) is 0 Å². The number of hydrogen-bond donors (Lipinski definition) is 1. The number of rotatable bonds is 6. The second kappa shape index (κ2) is 8.22. The minimum Gasteiger partial charge on any atom is -0.493 e. The maximum absolute atomic E-state index is 12.1. The van der Waals surface area contributed by atoms with Gasteiger partial charge >= 0.3 is 0 Å². The maximum atomic E-state index is 12.1. The number of nitrogens with one attached hydrogen (secondary N) is 1. The Morgan fingerprint density at radius 1 is 1.17 bits per heavy atom. The lowest BCUT2D eigenvalue weighted by Gasteiger charge is -2.12. The largest absolute Gasteiger partial charge is 0.493 e. The summed E-state index contributed by atoms with van der Waals surface area (Å²) in [5.74, 6) is 1.17. The lowest BCUT2D eigenvalue weighted by atomic mass is 10.1.